The second-order valence-electron chi connectivity index (χ2n) is 11.6. The fourth-order valence-corrected chi connectivity index (χ4v) is 8.44. The Balaban J connectivity index is 1.46. The number of nitrogens with zero attached hydrogens (tertiary/aromatic N) is 2. The topological polar surface area (TPSA) is 55.1 Å². The lowest BCUT2D eigenvalue weighted by molar-refractivity contribution is -0.141. The molecule has 1 N–H and O–H groups in total. The van der Waals surface area contributed by atoms with Crippen LogP contribution in [0.15, 0.2) is 5.57 Å². The molecule has 0 radical (unpaired) electrons. The third-order valence-corrected chi connectivity index (χ3v) is 10.3. The van der Waals surface area contributed by atoms with Crippen LogP contribution in [-0.2, 0) is 11.3 Å². The van der Waals surface area contributed by atoms with Gasteiger partial charge in [-0.25, -0.2) is 0 Å². The monoisotopic (exact) mass is 424 g/mol. The molecule has 31 heavy (non-hydrogen) atoms. The summed E-state index contributed by atoms with van der Waals surface area (Å²) in [5, 5.41) is 14.9. The van der Waals surface area contributed by atoms with E-state index in [-0.39, 0.29) is 11.5 Å². The minimum Gasteiger partial charge on any atom is -0.393 e. The smallest absolute Gasteiger partial charge is 0.165 e. The fraction of sp³-hybridized carbons (Fsp3) is 0.778. The van der Waals surface area contributed by atoms with Crippen molar-refractivity contribution in [1.82, 2.24) is 9.78 Å². The van der Waals surface area contributed by atoms with E-state index in [1.807, 2.05) is 4.68 Å². The first kappa shape index (κ1) is 21.4. The van der Waals surface area contributed by atoms with Gasteiger partial charge in [0.25, 0.3) is 0 Å². The van der Waals surface area contributed by atoms with Gasteiger partial charge in [-0.1, -0.05) is 13.8 Å². The number of aromatic nitrogens is 2. The summed E-state index contributed by atoms with van der Waals surface area (Å²) in [6.07, 6.45) is 10.8. The van der Waals surface area contributed by atoms with Crippen molar-refractivity contribution in [2.75, 3.05) is 0 Å². The molecular weight excluding hydrogens is 384 g/mol. The largest absolute Gasteiger partial charge is 0.393 e. The molecule has 0 aliphatic heterocycles. The van der Waals surface area contributed by atoms with Gasteiger partial charge in [0.05, 0.1) is 11.8 Å². The minimum atomic E-state index is -0.188. The van der Waals surface area contributed by atoms with Crippen LogP contribution in [0.5, 0.6) is 0 Å². The lowest BCUT2D eigenvalue weighted by atomic mass is 9.45. The Labute approximate surface area is 187 Å². The molecule has 0 bridgehead atoms. The predicted octanol–water partition coefficient (Wildman–Crippen LogP) is 5.49. The van der Waals surface area contributed by atoms with Gasteiger partial charge < -0.3 is 5.11 Å². The van der Waals surface area contributed by atoms with Crippen LogP contribution in [0.3, 0.4) is 0 Å². The van der Waals surface area contributed by atoms with Gasteiger partial charge >= 0.3 is 0 Å². The highest BCUT2D eigenvalue weighted by Gasteiger charge is 2.61. The van der Waals surface area contributed by atoms with Crippen molar-refractivity contribution in [3.63, 3.8) is 0 Å². The molecule has 5 rings (SSSR count). The summed E-state index contributed by atoms with van der Waals surface area (Å²) < 4.78 is 2.05. The van der Waals surface area contributed by atoms with Crippen LogP contribution in [0.4, 0.5) is 0 Å². The van der Waals surface area contributed by atoms with Crippen molar-refractivity contribution >= 4 is 11.9 Å². The maximum atomic E-state index is 13.7. The molecular formula is C27H40N2O2. The average molecular weight is 425 g/mol. The number of hydrogen-bond acceptors (Lipinski definition) is 3. The van der Waals surface area contributed by atoms with Crippen LogP contribution in [0.1, 0.15) is 89.1 Å². The third kappa shape index (κ3) is 3.03. The van der Waals surface area contributed by atoms with Crippen molar-refractivity contribution in [3.05, 3.63) is 22.5 Å². The van der Waals surface area contributed by atoms with Gasteiger partial charge in [0.15, 0.2) is 5.78 Å². The molecule has 0 spiro atoms. The van der Waals surface area contributed by atoms with Crippen LogP contribution in [-0.4, -0.2) is 26.8 Å². The van der Waals surface area contributed by atoms with Crippen LogP contribution in [0.2, 0.25) is 0 Å². The van der Waals surface area contributed by atoms with E-state index in [1.54, 1.807) is 0 Å². The Kier molecular flexibility index (Phi) is 5.04. The zero-order valence-corrected chi connectivity index (χ0v) is 20.1. The second kappa shape index (κ2) is 7.30. The number of carbonyl (C=O) groups is 1. The molecule has 4 aliphatic carbocycles. The molecule has 4 nitrogen and oxygen atoms in total. The predicted molar refractivity (Wildman–Crippen MR) is 123 cm³/mol. The molecule has 0 saturated heterocycles. The normalized spacial score (nSPS) is 43.6. The molecule has 0 unspecified atom stereocenters. The highest BCUT2D eigenvalue weighted by atomic mass is 16.3. The summed E-state index contributed by atoms with van der Waals surface area (Å²) >= 11 is 0. The number of hydrogen-bond donors (Lipinski definition) is 1. The lowest BCUT2D eigenvalue weighted by Crippen LogP contribution is -2.54. The average Bonchev–Trinajstić information content (AvgIpc) is 3.16. The summed E-state index contributed by atoms with van der Waals surface area (Å²) in [7, 11) is 0. The Hall–Kier alpha value is -1.42. The fourth-order valence-electron chi connectivity index (χ4n) is 8.44. The Morgan fingerprint density at radius 2 is 1.90 bits per heavy atom. The molecule has 7 atom stereocenters. The second-order valence-corrected chi connectivity index (χ2v) is 11.6. The van der Waals surface area contributed by atoms with Gasteiger partial charge in [0, 0.05) is 23.2 Å². The quantitative estimate of drug-likeness (QED) is 0.639. The molecule has 0 aromatic carbocycles. The number of rotatable bonds is 2. The van der Waals surface area contributed by atoms with Crippen molar-refractivity contribution in [2.24, 2.45) is 34.5 Å². The SMILES string of the molecule is CCn1nc(C)c(/C=C2/C[C@H]3[C@@H]4CC[C@H]5C[C@@H](O)CC[C@]5(C)[C@H]4CC[C@]3(C)C2=O)c1C. The molecule has 1 aromatic heterocycles. The van der Waals surface area contributed by atoms with E-state index in [0.717, 1.165) is 61.4 Å². The maximum absolute atomic E-state index is 13.7. The van der Waals surface area contributed by atoms with Gasteiger partial charge in [0.1, 0.15) is 0 Å². The maximum Gasteiger partial charge on any atom is 0.165 e. The Bertz CT molecular complexity index is 930. The lowest BCUT2D eigenvalue weighted by Gasteiger charge is -2.59. The molecule has 0 amide bonds. The number of Topliss-reactive ketones (excluding diaryl/α,β-unsaturated/α-hetero) is 1. The summed E-state index contributed by atoms with van der Waals surface area (Å²) in [4.78, 5) is 13.7. The standard InChI is InChI=1S/C27H40N2O2/c1-6-29-17(3)22(16(2)28-29)13-18-14-24-21-8-7-19-15-20(30)9-11-26(19,4)23(21)10-12-27(24,5)25(18)31/h13,19-21,23-24,30H,6-12,14-15H2,1-5H3/b18-13-/t19-,20-,21+,23-,24-,26-,27-/m0/s1. The molecule has 1 heterocycles. The molecule has 4 aliphatic rings. The first-order valence-corrected chi connectivity index (χ1v) is 12.7. The Morgan fingerprint density at radius 3 is 2.61 bits per heavy atom. The van der Waals surface area contributed by atoms with E-state index in [1.165, 1.54) is 25.0 Å². The van der Waals surface area contributed by atoms with Crippen molar-refractivity contribution < 1.29 is 9.90 Å². The molecule has 4 heteroatoms. The third-order valence-electron chi connectivity index (χ3n) is 10.3. The summed E-state index contributed by atoms with van der Waals surface area (Å²) in [6.45, 7) is 12.0. The molecule has 4 fully saturated rings. The first-order chi connectivity index (χ1) is 14.7. The summed E-state index contributed by atoms with van der Waals surface area (Å²) in [5.74, 6) is 2.93. The number of aryl methyl sites for hydroxylation is 2. The zero-order chi connectivity index (χ0) is 22.1. The highest BCUT2D eigenvalue weighted by Crippen LogP contribution is 2.66. The van der Waals surface area contributed by atoms with Crippen molar-refractivity contribution in [1.29, 1.82) is 0 Å². The van der Waals surface area contributed by atoms with E-state index in [9.17, 15) is 9.90 Å². The number of aliphatic hydroxyl groups is 1. The van der Waals surface area contributed by atoms with E-state index < -0.39 is 0 Å². The van der Waals surface area contributed by atoms with Crippen LogP contribution >= 0.6 is 0 Å². The molecule has 170 valence electrons. The van der Waals surface area contributed by atoms with Crippen LogP contribution < -0.4 is 0 Å². The van der Waals surface area contributed by atoms with Gasteiger partial charge in [-0.2, -0.15) is 5.10 Å². The molecule has 4 saturated carbocycles. The van der Waals surface area contributed by atoms with Gasteiger partial charge in [-0.15, -0.1) is 0 Å². The zero-order valence-electron chi connectivity index (χ0n) is 20.1. The Morgan fingerprint density at radius 1 is 1.13 bits per heavy atom. The van der Waals surface area contributed by atoms with E-state index in [0.29, 0.717) is 29.0 Å². The number of ketones is 1. The number of allylic oxidation sites excluding steroid dienone is 1. The summed E-state index contributed by atoms with van der Waals surface area (Å²) in [6, 6.07) is 0. The number of aliphatic hydroxyl groups excluding tert-OH is 1. The number of fused-ring (bicyclic) bond motifs is 5. The van der Waals surface area contributed by atoms with Gasteiger partial charge in [-0.05, 0) is 113 Å². The van der Waals surface area contributed by atoms with Crippen molar-refractivity contribution in [2.45, 2.75) is 98.6 Å². The van der Waals surface area contributed by atoms with Gasteiger partial charge in [0.2, 0.25) is 0 Å². The van der Waals surface area contributed by atoms with E-state index >= 15 is 0 Å². The number of carbonyl (C=O) groups excluding carboxylic acids is 1. The van der Waals surface area contributed by atoms with E-state index in [4.69, 9.17) is 0 Å². The first-order valence-electron chi connectivity index (χ1n) is 12.7. The highest BCUT2D eigenvalue weighted by molar-refractivity contribution is 6.06. The van der Waals surface area contributed by atoms with Crippen molar-refractivity contribution in [3.8, 4) is 0 Å². The van der Waals surface area contributed by atoms with E-state index in [2.05, 4.69) is 45.8 Å². The molecule has 1 aromatic rings. The minimum absolute atomic E-state index is 0.0957. The van der Waals surface area contributed by atoms with Gasteiger partial charge in [-0.3, -0.25) is 9.48 Å². The van der Waals surface area contributed by atoms with Crippen LogP contribution in [0, 0.1) is 48.3 Å². The summed E-state index contributed by atoms with van der Waals surface area (Å²) in [5.41, 5.74) is 4.57. The van der Waals surface area contributed by atoms with Crippen LogP contribution in [0.25, 0.3) is 6.08 Å².